The summed E-state index contributed by atoms with van der Waals surface area (Å²) in [6.45, 7) is 3.18. The first-order valence-electron chi connectivity index (χ1n) is 3.80. The molecule has 1 aliphatic rings. The molecule has 2 heteroatoms. The van der Waals surface area contributed by atoms with Crippen LogP contribution < -0.4 is 0 Å². The van der Waals surface area contributed by atoms with Crippen LogP contribution in [0.2, 0.25) is 0 Å². The van der Waals surface area contributed by atoms with Crippen molar-refractivity contribution in [2.75, 3.05) is 6.54 Å². The number of hydrogen-bond donors (Lipinski definition) is 0. The standard InChI is InChI=1S/C7H14N2/c1-2-3-4-7-5-6-8-9-7/h7H,2-6H2,1H3. The van der Waals surface area contributed by atoms with Crippen LogP contribution in [0, 0.1) is 0 Å². The van der Waals surface area contributed by atoms with Gasteiger partial charge in [0, 0.05) is 0 Å². The maximum Gasteiger partial charge on any atom is 0.0726 e. The molecule has 0 saturated carbocycles. The van der Waals surface area contributed by atoms with E-state index in [1.807, 2.05) is 0 Å². The van der Waals surface area contributed by atoms with E-state index in [0.29, 0.717) is 6.04 Å². The normalized spacial score (nSPS) is 25.2. The van der Waals surface area contributed by atoms with Crippen molar-refractivity contribution in [2.24, 2.45) is 10.2 Å². The van der Waals surface area contributed by atoms with Gasteiger partial charge in [0.25, 0.3) is 0 Å². The number of hydrogen-bond acceptors (Lipinski definition) is 2. The lowest BCUT2D eigenvalue weighted by molar-refractivity contribution is 0.584. The van der Waals surface area contributed by atoms with Crippen molar-refractivity contribution in [3.05, 3.63) is 0 Å². The molecule has 0 aromatic heterocycles. The molecule has 0 fully saturated rings. The van der Waals surface area contributed by atoms with Crippen LogP contribution in [0.3, 0.4) is 0 Å². The summed E-state index contributed by atoms with van der Waals surface area (Å²) in [6.07, 6.45) is 5.04. The second kappa shape index (κ2) is 3.59. The molecule has 0 aromatic carbocycles. The number of nitrogens with zero attached hydrogens (tertiary/aromatic N) is 2. The van der Waals surface area contributed by atoms with Crippen molar-refractivity contribution in [3.63, 3.8) is 0 Å². The van der Waals surface area contributed by atoms with Crippen molar-refractivity contribution >= 4 is 0 Å². The van der Waals surface area contributed by atoms with Gasteiger partial charge in [0.2, 0.25) is 0 Å². The Balaban J connectivity index is 2.05. The summed E-state index contributed by atoms with van der Waals surface area (Å²) in [4.78, 5) is 0. The fourth-order valence-corrected chi connectivity index (χ4v) is 1.08. The van der Waals surface area contributed by atoms with Crippen LogP contribution in [0.5, 0.6) is 0 Å². The van der Waals surface area contributed by atoms with Gasteiger partial charge in [0.05, 0.1) is 12.6 Å². The topological polar surface area (TPSA) is 24.7 Å². The van der Waals surface area contributed by atoms with E-state index in [9.17, 15) is 0 Å². The van der Waals surface area contributed by atoms with Gasteiger partial charge < -0.3 is 0 Å². The molecule has 0 radical (unpaired) electrons. The average molecular weight is 126 g/mol. The summed E-state index contributed by atoms with van der Waals surface area (Å²) >= 11 is 0. The third kappa shape index (κ3) is 2.12. The average Bonchev–Trinajstić information content (AvgIpc) is 2.34. The summed E-state index contributed by atoms with van der Waals surface area (Å²) in [5.74, 6) is 0. The molecular weight excluding hydrogens is 112 g/mol. The minimum Gasteiger partial charge on any atom is -0.194 e. The minimum atomic E-state index is 0.574. The monoisotopic (exact) mass is 126 g/mol. The maximum atomic E-state index is 4.10. The molecule has 1 rings (SSSR count). The van der Waals surface area contributed by atoms with E-state index >= 15 is 0 Å². The van der Waals surface area contributed by atoms with Crippen LogP contribution in [0.25, 0.3) is 0 Å². The third-order valence-electron chi connectivity index (χ3n) is 1.70. The molecule has 0 saturated heterocycles. The highest BCUT2D eigenvalue weighted by atomic mass is 15.1. The highest BCUT2D eigenvalue weighted by Crippen LogP contribution is 2.13. The first-order chi connectivity index (χ1) is 4.43. The highest BCUT2D eigenvalue weighted by Gasteiger charge is 2.09. The fraction of sp³-hybridized carbons (Fsp3) is 1.00. The maximum absolute atomic E-state index is 4.10. The van der Waals surface area contributed by atoms with Crippen LogP contribution in [0.1, 0.15) is 32.6 Å². The van der Waals surface area contributed by atoms with Gasteiger partial charge in [-0.1, -0.05) is 19.8 Å². The predicted octanol–water partition coefficient (Wildman–Crippen LogP) is 2.40. The molecule has 1 heterocycles. The molecule has 0 aromatic rings. The second-order valence-electron chi connectivity index (χ2n) is 2.57. The molecule has 1 atom stereocenters. The lowest BCUT2D eigenvalue weighted by atomic mass is 10.1. The van der Waals surface area contributed by atoms with E-state index in [0.717, 1.165) is 6.54 Å². The van der Waals surface area contributed by atoms with E-state index in [4.69, 9.17) is 0 Å². The van der Waals surface area contributed by atoms with Gasteiger partial charge in [-0.15, -0.1) is 0 Å². The van der Waals surface area contributed by atoms with Crippen molar-refractivity contribution < 1.29 is 0 Å². The van der Waals surface area contributed by atoms with Crippen molar-refractivity contribution in [1.82, 2.24) is 0 Å². The van der Waals surface area contributed by atoms with E-state index < -0.39 is 0 Å². The Kier molecular flexibility index (Phi) is 2.68. The van der Waals surface area contributed by atoms with Crippen LogP contribution in [0.4, 0.5) is 0 Å². The number of rotatable bonds is 3. The summed E-state index contributed by atoms with van der Waals surface area (Å²) in [6, 6.07) is 0.574. The molecule has 0 N–H and O–H groups in total. The lowest BCUT2D eigenvalue weighted by Gasteiger charge is -2.00. The third-order valence-corrected chi connectivity index (χ3v) is 1.70. The van der Waals surface area contributed by atoms with Gasteiger partial charge in [-0.25, -0.2) is 0 Å². The zero-order chi connectivity index (χ0) is 6.53. The van der Waals surface area contributed by atoms with Crippen molar-refractivity contribution in [2.45, 2.75) is 38.6 Å². The zero-order valence-electron chi connectivity index (χ0n) is 6.01. The first kappa shape index (κ1) is 6.72. The Morgan fingerprint density at radius 1 is 1.56 bits per heavy atom. The first-order valence-corrected chi connectivity index (χ1v) is 3.80. The molecule has 0 bridgehead atoms. The molecule has 1 aliphatic heterocycles. The van der Waals surface area contributed by atoms with Crippen LogP contribution in [0.15, 0.2) is 10.2 Å². The SMILES string of the molecule is CCCCC1CCN=N1. The van der Waals surface area contributed by atoms with Gasteiger partial charge in [0.15, 0.2) is 0 Å². The molecule has 0 amide bonds. The molecule has 0 spiro atoms. The van der Waals surface area contributed by atoms with Crippen molar-refractivity contribution in [3.8, 4) is 0 Å². The Morgan fingerprint density at radius 2 is 2.44 bits per heavy atom. The second-order valence-corrected chi connectivity index (χ2v) is 2.57. The smallest absolute Gasteiger partial charge is 0.0726 e. The summed E-state index contributed by atoms with van der Waals surface area (Å²) in [5.41, 5.74) is 0. The largest absolute Gasteiger partial charge is 0.194 e. The Labute approximate surface area is 56.4 Å². The van der Waals surface area contributed by atoms with Gasteiger partial charge in [-0.2, -0.15) is 10.2 Å². The summed E-state index contributed by atoms with van der Waals surface area (Å²) in [5, 5.41) is 8.04. The number of azo groups is 1. The van der Waals surface area contributed by atoms with Gasteiger partial charge in [-0.05, 0) is 12.8 Å². The van der Waals surface area contributed by atoms with E-state index in [2.05, 4.69) is 17.2 Å². The predicted molar refractivity (Wildman–Crippen MR) is 37.7 cm³/mol. The molecule has 9 heavy (non-hydrogen) atoms. The van der Waals surface area contributed by atoms with Crippen LogP contribution >= 0.6 is 0 Å². The summed E-state index contributed by atoms with van der Waals surface area (Å²) < 4.78 is 0. The number of unbranched alkanes of at least 4 members (excludes halogenated alkanes) is 1. The van der Waals surface area contributed by atoms with Gasteiger partial charge >= 0.3 is 0 Å². The molecule has 2 nitrogen and oxygen atoms in total. The van der Waals surface area contributed by atoms with Gasteiger partial charge in [-0.3, -0.25) is 0 Å². The Hall–Kier alpha value is -0.400. The lowest BCUT2D eigenvalue weighted by Crippen LogP contribution is -1.98. The van der Waals surface area contributed by atoms with Crippen LogP contribution in [-0.2, 0) is 0 Å². The van der Waals surface area contributed by atoms with E-state index in [-0.39, 0.29) is 0 Å². The van der Waals surface area contributed by atoms with Gasteiger partial charge in [0.1, 0.15) is 0 Å². The van der Waals surface area contributed by atoms with E-state index in [1.165, 1.54) is 25.7 Å². The van der Waals surface area contributed by atoms with E-state index in [1.54, 1.807) is 0 Å². The summed E-state index contributed by atoms with van der Waals surface area (Å²) in [7, 11) is 0. The quantitative estimate of drug-likeness (QED) is 0.554. The molecule has 52 valence electrons. The highest BCUT2D eigenvalue weighted by molar-refractivity contribution is 4.70. The molecular formula is C7H14N2. The molecule has 1 unspecified atom stereocenters. The Bertz CT molecular complexity index is 99.1. The van der Waals surface area contributed by atoms with Crippen LogP contribution in [-0.4, -0.2) is 12.6 Å². The van der Waals surface area contributed by atoms with Crippen molar-refractivity contribution in [1.29, 1.82) is 0 Å². The minimum absolute atomic E-state index is 0.574. The molecule has 0 aliphatic carbocycles. The Morgan fingerprint density at radius 3 is 3.00 bits per heavy atom. The fourth-order valence-electron chi connectivity index (χ4n) is 1.08. The zero-order valence-corrected chi connectivity index (χ0v) is 6.01.